The van der Waals surface area contributed by atoms with E-state index in [1.165, 1.54) is 12.1 Å². The van der Waals surface area contributed by atoms with Crippen LogP contribution >= 0.6 is 15.9 Å². The highest BCUT2D eigenvalue weighted by molar-refractivity contribution is 9.10. The molecule has 0 fully saturated rings. The van der Waals surface area contributed by atoms with Gasteiger partial charge < -0.3 is 9.88 Å². The summed E-state index contributed by atoms with van der Waals surface area (Å²) < 4.78 is 2.77. The van der Waals surface area contributed by atoms with E-state index in [4.69, 9.17) is 0 Å². The maximum absolute atomic E-state index is 10.7. The number of halogens is 1. The van der Waals surface area contributed by atoms with E-state index < -0.39 is 4.92 Å². The Morgan fingerprint density at radius 3 is 2.83 bits per heavy atom. The third-order valence-corrected chi connectivity index (χ3v) is 3.23. The molecule has 94 valence electrons. The van der Waals surface area contributed by atoms with Crippen molar-refractivity contribution < 1.29 is 4.92 Å². The first-order valence-electron chi connectivity index (χ1n) is 5.35. The van der Waals surface area contributed by atoms with E-state index in [9.17, 15) is 10.1 Å². The minimum absolute atomic E-state index is 0.0776. The quantitative estimate of drug-likeness (QED) is 0.696. The molecule has 2 rings (SSSR count). The van der Waals surface area contributed by atoms with Gasteiger partial charge in [-0.15, -0.1) is 0 Å². The molecule has 1 aromatic carbocycles. The predicted octanol–water partition coefficient (Wildman–Crippen LogP) is 3.31. The molecule has 0 atom stereocenters. The van der Waals surface area contributed by atoms with Crippen molar-refractivity contribution in [1.29, 1.82) is 0 Å². The van der Waals surface area contributed by atoms with Crippen molar-refractivity contribution in [3.8, 4) is 0 Å². The number of nitrogens with one attached hydrogen (secondary N) is 1. The van der Waals surface area contributed by atoms with Crippen LogP contribution in [0.15, 0.2) is 41.1 Å². The summed E-state index contributed by atoms with van der Waals surface area (Å²) in [7, 11) is 1.95. The van der Waals surface area contributed by atoms with Gasteiger partial charge in [-0.25, -0.2) is 0 Å². The van der Waals surface area contributed by atoms with Crippen LogP contribution in [0.3, 0.4) is 0 Å². The van der Waals surface area contributed by atoms with E-state index in [2.05, 4.69) is 21.2 Å². The van der Waals surface area contributed by atoms with E-state index >= 15 is 0 Å². The Morgan fingerprint density at radius 1 is 1.44 bits per heavy atom. The highest BCUT2D eigenvalue weighted by atomic mass is 79.9. The zero-order valence-corrected chi connectivity index (χ0v) is 11.3. The molecule has 0 spiro atoms. The van der Waals surface area contributed by atoms with Gasteiger partial charge in [0.15, 0.2) is 0 Å². The summed E-state index contributed by atoms with van der Waals surface area (Å²) in [4.78, 5) is 10.3. The fourth-order valence-corrected chi connectivity index (χ4v) is 2.01. The number of nitro groups is 1. The molecule has 2 aromatic rings. The lowest BCUT2D eigenvalue weighted by molar-refractivity contribution is -0.384. The van der Waals surface area contributed by atoms with E-state index in [0.29, 0.717) is 12.2 Å². The van der Waals surface area contributed by atoms with Gasteiger partial charge in [-0.05, 0) is 33.6 Å². The van der Waals surface area contributed by atoms with Crippen molar-refractivity contribution in [3.05, 3.63) is 56.8 Å². The number of hydrogen-bond donors (Lipinski definition) is 1. The maximum atomic E-state index is 10.7. The number of anilines is 1. The van der Waals surface area contributed by atoms with Gasteiger partial charge >= 0.3 is 0 Å². The molecule has 0 unspecified atom stereocenters. The monoisotopic (exact) mass is 309 g/mol. The van der Waals surface area contributed by atoms with Crippen LogP contribution in [-0.2, 0) is 13.6 Å². The normalized spacial score (nSPS) is 10.3. The van der Waals surface area contributed by atoms with Gasteiger partial charge in [0, 0.05) is 42.6 Å². The van der Waals surface area contributed by atoms with Crippen LogP contribution in [0.1, 0.15) is 5.56 Å². The van der Waals surface area contributed by atoms with Crippen LogP contribution < -0.4 is 5.32 Å². The summed E-state index contributed by atoms with van der Waals surface area (Å²) >= 11 is 3.37. The molecule has 0 aliphatic carbocycles. The van der Waals surface area contributed by atoms with Crippen LogP contribution in [-0.4, -0.2) is 9.49 Å². The molecular weight excluding hydrogens is 298 g/mol. The van der Waals surface area contributed by atoms with Gasteiger partial charge in [0.1, 0.15) is 0 Å². The minimum atomic E-state index is -0.403. The van der Waals surface area contributed by atoms with Crippen molar-refractivity contribution in [1.82, 2.24) is 4.57 Å². The second kappa shape index (κ2) is 5.22. The zero-order valence-electron chi connectivity index (χ0n) is 9.76. The summed E-state index contributed by atoms with van der Waals surface area (Å²) in [5.74, 6) is 0. The van der Waals surface area contributed by atoms with Crippen LogP contribution in [0.4, 0.5) is 11.4 Å². The number of nitrogens with zero attached hydrogens (tertiary/aromatic N) is 2. The second-order valence-corrected chi connectivity index (χ2v) is 4.81. The third kappa shape index (κ3) is 2.89. The molecule has 18 heavy (non-hydrogen) atoms. The molecule has 1 N–H and O–H groups in total. The number of aromatic nitrogens is 1. The molecular formula is C12H12BrN3O2. The first-order valence-corrected chi connectivity index (χ1v) is 6.14. The van der Waals surface area contributed by atoms with Crippen molar-refractivity contribution in [3.63, 3.8) is 0 Å². The van der Waals surface area contributed by atoms with Crippen molar-refractivity contribution >= 4 is 27.3 Å². The highest BCUT2D eigenvalue weighted by Crippen LogP contribution is 2.27. The minimum Gasteiger partial charge on any atom is -0.380 e. The van der Waals surface area contributed by atoms with E-state index in [0.717, 1.165) is 10.0 Å². The summed E-state index contributed by atoms with van der Waals surface area (Å²) in [6.07, 6.45) is 3.96. The number of hydrogen-bond acceptors (Lipinski definition) is 3. The lowest BCUT2D eigenvalue weighted by atomic mass is 10.2. The Balaban J connectivity index is 2.13. The van der Waals surface area contributed by atoms with Crippen molar-refractivity contribution in [2.75, 3.05) is 5.32 Å². The van der Waals surface area contributed by atoms with Crippen molar-refractivity contribution in [2.45, 2.75) is 6.54 Å². The number of non-ortho nitro benzene ring substituents is 1. The first kappa shape index (κ1) is 12.6. The Morgan fingerprint density at radius 2 is 2.22 bits per heavy atom. The molecule has 0 radical (unpaired) electrons. The van der Waals surface area contributed by atoms with Gasteiger partial charge in [0.05, 0.1) is 10.6 Å². The van der Waals surface area contributed by atoms with E-state index in [-0.39, 0.29) is 5.69 Å². The number of rotatable bonds is 4. The number of benzene rings is 1. The molecule has 5 nitrogen and oxygen atoms in total. The SMILES string of the molecule is Cn1ccc(CNc2cc([N+](=O)[O-])ccc2Br)c1. The molecule has 0 bridgehead atoms. The summed E-state index contributed by atoms with van der Waals surface area (Å²) in [5.41, 5.74) is 1.91. The Kier molecular flexibility index (Phi) is 3.66. The third-order valence-electron chi connectivity index (χ3n) is 2.54. The summed E-state index contributed by atoms with van der Waals surface area (Å²) in [5, 5.41) is 13.9. The van der Waals surface area contributed by atoms with Gasteiger partial charge in [-0.2, -0.15) is 0 Å². The molecule has 1 aromatic heterocycles. The summed E-state index contributed by atoms with van der Waals surface area (Å²) in [6, 6.07) is 6.66. The van der Waals surface area contributed by atoms with E-state index in [1.807, 2.05) is 30.1 Å². The zero-order chi connectivity index (χ0) is 13.1. The topological polar surface area (TPSA) is 60.1 Å². The molecule has 0 saturated heterocycles. The molecule has 0 amide bonds. The average molecular weight is 310 g/mol. The number of nitro benzene ring substituents is 1. The van der Waals surface area contributed by atoms with Crippen molar-refractivity contribution in [2.24, 2.45) is 7.05 Å². The maximum Gasteiger partial charge on any atom is 0.271 e. The molecule has 0 aliphatic heterocycles. The van der Waals surface area contributed by atoms with Crippen LogP contribution in [0.2, 0.25) is 0 Å². The Bertz CT molecular complexity index is 580. The smallest absolute Gasteiger partial charge is 0.271 e. The number of aryl methyl sites for hydroxylation is 1. The summed E-state index contributed by atoms with van der Waals surface area (Å²) in [6.45, 7) is 0.626. The first-order chi connectivity index (χ1) is 8.56. The van der Waals surface area contributed by atoms with Gasteiger partial charge in [0.25, 0.3) is 5.69 Å². The Labute approximate surface area is 113 Å². The fraction of sp³-hybridized carbons (Fsp3) is 0.167. The van der Waals surface area contributed by atoms with Gasteiger partial charge in [0.2, 0.25) is 0 Å². The van der Waals surface area contributed by atoms with Crippen LogP contribution in [0.25, 0.3) is 0 Å². The molecule has 0 aliphatic rings. The molecule has 1 heterocycles. The van der Waals surface area contributed by atoms with Gasteiger partial charge in [-0.3, -0.25) is 10.1 Å². The average Bonchev–Trinajstić information content (AvgIpc) is 2.74. The predicted molar refractivity (Wildman–Crippen MR) is 73.5 cm³/mol. The molecule has 0 saturated carbocycles. The van der Waals surface area contributed by atoms with Gasteiger partial charge in [-0.1, -0.05) is 0 Å². The van der Waals surface area contributed by atoms with Crippen LogP contribution in [0, 0.1) is 10.1 Å². The lowest BCUT2D eigenvalue weighted by Gasteiger charge is -2.07. The van der Waals surface area contributed by atoms with E-state index in [1.54, 1.807) is 6.07 Å². The second-order valence-electron chi connectivity index (χ2n) is 3.96. The standard InChI is InChI=1S/C12H12BrN3O2/c1-15-5-4-9(8-15)7-14-12-6-10(16(17)18)2-3-11(12)13/h2-6,8,14H,7H2,1H3. The largest absolute Gasteiger partial charge is 0.380 e. The Hall–Kier alpha value is -1.82. The lowest BCUT2D eigenvalue weighted by Crippen LogP contribution is -2.00. The fourth-order valence-electron chi connectivity index (χ4n) is 1.63. The van der Waals surface area contributed by atoms with Crippen LogP contribution in [0.5, 0.6) is 0 Å². The highest BCUT2D eigenvalue weighted by Gasteiger charge is 2.09. The molecule has 6 heteroatoms.